The van der Waals surface area contributed by atoms with Crippen molar-refractivity contribution in [3.63, 3.8) is 0 Å². The number of aromatic nitrogens is 3. The average molecular weight is 502 g/mol. The Kier molecular flexibility index (Phi) is 6.57. The number of fused-ring (bicyclic) bond motifs is 2. The fraction of sp³-hybridized carbons (Fsp3) is 0.417. The topological polar surface area (TPSA) is 107 Å². The molecule has 2 N–H and O–H groups in total. The lowest BCUT2D eigenvalue weighted by atomic mass is 9.86. The van der Waals surface area contributed by atoms with Gasteiger partial charge in [-0.3, -0.25) is 14.6 Å². The third-order valence-corrected chi connectivity index (χ3v) is 6.87. The van der Waals surface area contributed by atoms with Gasteiger partial charge in [0.15, 0.2) is 29.7 Å². The first-order valence-corrected chi connectivity index (χ1v) is 11.9. The highest BCUT2D eigenvalue weighted by Gasteiger charge is 2.24. The Morgan fingerprint density at radius 2 is 2.09 bits per heavy atom. The van der Waals surface area contributed by atoms with Gasteiger partial charge in [-0.05, 0) is 37.7 Å². The lowest BCUT2D eigenvalue weighted by molar-refractivity contribution is -0.118. The minimum atomic E-state index is -0.579. The Labute approximate surface area is 205 Å². The van der Waals surface area contributed by atoms with E-state index in [9.17, 15) is 14.0 Å². The molecule has 0 radical (unpaired) electrons. The molecule has 184 valence electrons. The number of aryl methyl sites for hydroxylation is 1. The van der Waals surface area contributed by atoms with Gasteiger partial charge in [0.05, 0.1) is 29.0 Å². The number of rotatable bonds is 6. The summed E-state index contributed by atoms with van der Waals surface area (Å²) in [6.45, 7) is 0.789. The molecule has 9 nitrogen and oxygen atoms in total. The first-order chi connectivity index (χ1) is 16.9. The number of anilines is 1. The van der Waals surface area contributed by atoms with E-state index in [-0.39, 0.29) is 35.8 Å². The predicted octanol–water partition coefficient (Wildman–Crippen LogP) is 3.18. The van der Waals surface area contributed by atoms with Crippen molar-refractivity contribution in [1.29, 1.82) is 0 Å². The molecule has 3 aromatic rings. The van der Waals surface area contributed by atoms with Crippen LogP contribution in [0.2, 0.25) is 5.02 Å². The largest absolute Gasteiger partial charge is 0.488 e. The van der Waals surface area contributed by atoms with Crippen LogP contribution in [-0.4, -0.2) is 39.7 Å². The molecule has 0 spiro atoms. The average Bonchev–Trinajstić information content (AvgIpc) is 2.85. The summed E-state index contributed by atoms with van der Waals surface area (Å²) in [7, 11) is 1.58. The van der Waals surface area contributed by atoms with Gasteiger partial charge in [0.1, 0.15) is 5.52 Å². The van der Waals surface area contributed by atoms with Crippen molar-refractivity contribution in [2.24, 2.45) is 13.0 Å². The number of halogens is 2. The summed E-state index contributed by atoms with van der Waals surface area (Å²) in [5.41, 5.74) is 1.28. The predicted molar refractivity (Wildman–Crippen MR) is 128 cm³/mol. The lowest BCUT2D eigenvalue weighted by Crippen LogP contribution is -2.34. The van der Waals surface area contributed by atoms with Gasteiger partial charge in [0.25, 0.3) is 11.5 Å². The molecule has 35 heavy (non-hydrogen) atoms. The smallest absolute Gasteiger partial charge is 0.263 e. The SMILES string of the molecule is Cn1c(=O)ccc2ncc(F)c(OCC3CCC(NCc4nc5c(cc4Cl)OCC(=O)N5)CC3)c21. The number of nitrogens with one attached hydrogen (secondary N) is 2. The van der Waals surface area contributed by atoms with Crippen LogP contribution < -0.4 is 25.7 Å². The van der Waals surface area contributed by atoms with E-state index in [0.29, 0.717) is 46.5 Å². The molecule has 0 aromatic carbocycles. The molecule has 3 aromatic heterocycles. The molecule has 11 heteroatoms. The van der Waals surface area contributed by atoms with Gasteiger partial charge in [0.2, 0.25) is 0 Å². The normalized spacial score (nSPS) is 19.7. The highest BCUT2D eigenvalue weighted by Crippen LogP contribution is 2.32. The van der Waals surface area contributed by atoms with Crippen LogP contribution in [-0.2, 0) is 18.4 Å². The van der Waals surface area contributed by atoms with Crippen molar-refractivity contribution in [2.75, 3.05) is 18.5 Å². The zero-order valence-electron chi connectivity index (χ0n) is 19.1. The molecular formula is C24H25ClFN5O4. The third kappa shape index (κ3) is 4.94. The van der Waals surface area contributed by atoms with Crippen molar-refractivity contribution in [2.45, 2.75) is 38.3 Å². The van der Waals surface area contributed by atoms with Crippen LogP contribution in [0.5, 0.6) is 11.5 Å². The fourth-order valence-corrected chi connectivity index (χ4v) is 4.76. The van der Waals surface area contributed by atoms with Gasteiger partial charge in [-0.25, -0.2) is 9.37 Å². The number of carbonyl (C=O) groups excluding carboxylic acids is 1. The zero-order valence-corrected chi connectivity index (χ0v) is 19.9. The number of nitrogens with zero attached hydrogens (tertiary/aromatic N) is 3. The van der Waals surface area contributed by atoms with Crippen molar-refractivity contribution >= 4 is 34.4 Å². The van der Waals surface area contributed by atoms with E-state index in [0.717, 1.165) is 31.9 Å². The summed E-state index contributed by atoms with van der Waals surface area (Å²) in [6, 6.07) is 4.94. The Bertz CT molecular complexity index is 1340. The van der Waals surface area contributed by atoms with Crippen LogP contribution in [0, 0.1) is 11.7 Å². The molecule has 1 fully saturated rings. The summed E-state index contributed by atoms with van der Waals surface area (Å²) < 4.78 is 27.1. The molecule has 1 aliphatic heterocycles. The Balaban J connectivity index is 1.16. The molecular weight excluding hydrogens is 477 g/mol. The summed E-state index contributed by atoms with van der Waals surface area (Å²) in [5.74, 6) is 0.376. The summed E-state index contributed by atoms with van der Waals surface area (Å²) in [5, 5.41) is 6.67. The van der Waals surface area contributed by atoms with Gasteiger partial charge in [-0.15, -0.1) is 0 Å². The van der Waals surface area contributed by atoms with Crippen LogP contribution in [0.1, 0.15) is 31.4 Å². The Hall–Kier alpha value is -3.24. The van der Waals surface area contributed by atoms with Crippen LogP contribution in [0.3, 0.4) is 0 Å². The van der Waals surface area contributed by atoms with Crippen molar-refractivity contribution < 1.29 is 18.7 Å². The Morgan fingerprint density at radius 3 is 2.89 bits per heavy atom. The maximum absolute atomic E-state index is 14.5. The van der Waals surface area contributed by atoms with Crippen molar-refractivity contribution in [1.82, 2.24) is 19.9 Å². The molecule has 1 amide bonds. The maximum Gasteiger partial charge on any atom is 0.263 e. The molecule has 1 saturated carbocycles. The molecule has 5 rings (SSSR count). The number of ether oxygens (including phenoxy) is 2. The number of hydrogen-bond acceptors (Lipinski definition) is 7. The van der Waals surface area contributed by atoms with E-state index in [1.165, 1.54) is 10.6 Å². The van der Waals surface area contributed by atoms with E-state index in [4.69, 9.17) is 21.1 Å². The molecule has 2 aliphatic rings. The van der Waals surface area contributed by atoms with E-state index in [1.54, 1.807) is 19.2 Å². The monoisotopic (exact) mass is 501 g/mol. The highest BCUT2D eigenvalue weighted by atomic mass is 35.5. The van der Waals surface area contributed by atoms with E-state index < -0.39 is 5.82 Å². The molecule has 1 aliphatic carbocycles. The lowest BCUT2D eigenvalue weighted by Gasteiger charge is -2.29. The zero-order chi connectivity index (χ0) is 24.5. The van der Waals surface area contributed by atoms with E-state index >= 15 is 0 Å². The number of hydrogen-bond donors (Lipinski definition) is 2. The van der Waals surface area contributed by atoms with Gasteiger partial charge in [0, 0.05) is 31.8 Å². The second kappa shape index (κ2) is 9.79. The van der Waals surface area contributed by atoms with Crippen molar-refractivity contribution in [3.05, 3.63) is 51.3 Å². The fourth-order valence-electron chi connectivity index (χ4n) is 4.55. The standard InChI is InChI=1S/C24H25ClFN5O4/c1-31-21(33)7-6-17-22(31)23(16(26)9-28-17)35-11-13-2-4-14(5-3-13)27-10-18-15(25)8-19-24(29-18)30-20(32)12-34-19/h6-9,13-14,27H,2-5,10-12H2,1H3,(H,29,30,32). The van der Waals surface area contributed by atoms with Gasteiger partial charge >= 0.3 is 0 Å². The van der Waals surface area contributed by atoms with E-state index in [2.05, 4.69) is 20.6 Å². The molecule has 0 atom stereocenters. The van der Waals surface area contributed by atoms with Crippen LogP contribution in [0.4, 0.5) is 10.2 Å². The summed E-state index contributed by atoms with van der Waals surface area (Å²) >= 11 is 6.34. The number of amides is 1. The number of carbonyl (C=O) groups is 1. The molecule has 0 unspecified atom stereocenters. The van der Waals surface area contributed by atoms with Crippen molar-refractivity contribution in [3.8, 4) is 11.5 Å². The van der Waals surface area contributed by atoms with E-state index in [1.807, 2.05) is 0 Å². The highest BCUT2D eigenvalue weighted by molar-refractivity contribution is 6.31. The second-order valence-electron chi connectivity index (χ2n) is 8.91. The van der Waals surface area contributed by atoms with Crippen LogP contribution >= 0.6 is 11.6 Å². The van der Waals surface area contributed by atoms with Gasteiger partial charge < -0.3 is 24.7 Å². The van der Waals surface area contributed by atoms with Gasteiger partial charge in [-0.2, -0.15) is 0 Å². The minimum Gasteiger partial charge on any atom is -0.488 e. The summed E-state index contributed by atoms with van der Waals surface area (Å²) in [4.78, 5) is 32.1. The molecule has 4 heterocycles. The quantitative estimate of drug-likeness (QED) is 0.534. The molecule has 0 bridgehead atoms. The Morgan fingerprint density at radius 1 is 1.29 bits per heavy atom. The van der Waals surface area contributed by atoms with Crippen LogP contribution in [0.25, 0.3) is 11.0 Å². The minimum absolute atomic E-state index is 0.0439. The summed E-state index contributed by atoms with van der Waals surface area (Å²) in [6.07, 6.45) is 4.80. The second-order valence-corrected chi connectivity index (χ2v) is 9.32. The third-order valence-electron chi connectivity index (χ3n) is 6.54. The first-order valence-electron chi connectivity index (χ1n) is 11.5. The number of pyridine rings is 3. The maximum atomic E-state index is 14.5. The van der Waals surface area contributed by atoms with Crippen LogP contribution in [0.15, 0.2) is 29.2 Å². The molecule has 0 saturated heterocycles. The first kappa shape index (κ1) is 23.5. The van der Waals surface area contributed by atoms with Gasteiger partial charge in [-0.1, -0.05) is 11.6 Å².